The quantitative estimate of drug-likeness (QED) is 0.340. The van der Waals surface area contributed by atoms with Gasteiger partial charge in [0.05, 0.1) is 24.8 Å². The number of rotatable bonds is 11. The fourth-order valence-corrected chi connectivity index (χ4v) is 5.80. The minimum absolute atomic E-state index is 0.0718. The summed E-state index contributed by atoms with van der Waals surface area (Å²) in [7, 11) is -1.38. The highest BCUT2D eigenvalue weighted by molar-refractivity contribution is 7.92. The summed E-state index contributed by atoms with van der Waals surface area (Å²) in [6.07, 6.45) is 0. The number of carbonyl (C=O) groups excluding carboxylic acids is 2. The molecule has 1 N–H and O–H groups in total. The average molecular weight is 596 g/mol. The molecule has 3 aromatic carbocycles. The van der Waals surface area contributed by atoms with Crippen LogP contribution in [-0.4, -0.2) is 57.5 Å². The lowest BCUT2D eigenvalue weighted by Crippen LogP contribution is -2.54. The first kappa shape index (κ1) is 32.5. The van der Waals surface area contributed by atoms with Crippen LogP contribution in [0.3, 0.4) is 0 Å². The van der Waals surface area contributed by atoms with E-state index in [0.29, 0.717) is 11.4 Å². The number of sulfonamides is 1. The van der Waals surface area contributed by atoms with Gasteiger partial charge in [-0.15, -0.1) is 0 Å². The van der Waals surface area contributed by atoms with Crippen molar-refractivity contribution in [1.82, 2.24) is 10.2 Å². The molecule has 0 aliphatic carbocycles. The summed E-state index contributed by atoms with van der Waals surface area (Å²) in [6.45, 7) is 10.6. The number of hydrogen-bond acceptors (Lipinski definition) is 6. The number of hydrogen-bond donors (Lipinski definition) is 1. The van der Waals surface area contributed by atoms with Crippen LogP contribution in [0.2, 0.25) is 0 Å². The Morgan fingerprint density at radius 1 is 0.905 bits per heavy atom. The summed E-state index contributed by atoms with van der Waals surface area (Å²) in [5.41, 5.74) is 2.53. The minimum atomic E-state index is -4.26. The molecule has 0 bridgehead atoms. The predicted octanol–water partition coefficient (Wildman–Crippen LogP) is 4.85. The van der Waals surface area contributed by atoms with Crippen molar-refractivity contribution in [3.63, 3.8) is 0 Å². The normalized spacial score (nSPS) is 12.3. The van der Waals surface area contributed by atoms with Gasteiger partial charge in [-0.3, -0.25) is 13.9 Å². The summed E-state index contributed by atoms with van der Waals surface area (Å²) in [4.78, 5) is 28.7. The molecule has 42 heavy (non-hydrogen) atoms. The van der Waals surface area contributed by atoms with Gasteiger partial charge in [-0.05, 0) is 76.9 Å². The Hall–Kier alpha value is -4.05. The summed E-state index contributed by atoms with van der Waals surface area (Å²) in [5.74, 6) is -0.256. The van der Waals surface area contributed by atoms with Crippen molar-refractivity contribution >= 4 is 27.5 Å². The van der Waals surface area contributed by atoms with Crippen molar-refractivity contribution in [2.24, 2.45) is 0 Å². The third kappa shape index (κ3) is 7.82. The van der Waals surface area contributed by atoms with Crippen LogP contribution in [0.4, 0.5) is 5.69 Å². The van der Waals surface area contributed by atoms with Crippen LogP contribution in [0, 0.1) is 13.8 Å². The first-order valence-corrected chi connectivity index (χ1v) is 15.1. The summed E-state index contributed by atoms with van der Waals surface area (Å²) in [6, 6.07) is 17.9. The standard InChI is InChI=1S/C32H41N3O6S/c1-22-13-15-26(16-14-22)35(42(38,39)27-17-18-28(40-7)29(19-27)41-8)21-30(36)34(20-25-12-10-9-11-23(25)2)24(3)31(37)33-32(4,5)6/h9-19,24H,20-21H2,1-8H3,(H,33,37)/t24-/m0/s1. The number of nitrogens with one attached hydrogen (secondary N) is 1. The van der Waals surface area contributed by atoms with Crippen LogP contribution in [-0.2, 0) is 26.2 Å². The Balaban J connectivity index is 2.09. The number of ether oxygens (including phenoxy) is 2. The van der Waals surface area contributed by atoms with E-state index in [1.54, 1.807) is 31.2 Å². The first-order chi connectivity index (χ1) is 19.7. The van der Waals surface area contributed by atoms with E-state index in [9.17, 15) is 18.0 Å². The molecule has 0 heterocycles. The Labute approximate surface area is 249 Å². The van der Waals surface area contributed by atoms with Crippen LogP contribution >= 0.6 is 0 Å². The van der Waals surface area contributed by atoms with Crippen LogP contribution < -0.4 is 19.1 Å². The molecule has 3 rings (SSSR count). The first-order valence-electron chi connectivity index (χ1n) is 13.7. The molecule has 0 fully saturated rings. The van der Waals surface area contributed by atoms with Gasteiger partial charge in [0.25, 0.3) is 10.0 Å². The van der Waals surface area contributed by atoms with Crippen molar-refractivity contribution < 1.29 is 27.5 Å². The topological polar surface area (TPSA) is 105 Å². The van der Waals surface area contributed by atoms with Crippen molar-refractivity contribution in [1.29, 1.82) is 0 Å². The van der Waals surface area contributed by atoms with Gasteiger partial charge in [-0.25, -0.2) is 8.42 Å². The summed E-state index contributed by atoms with van der Waals surface area (Å²) >= 11 is 0. The second-order valence-corrected chi connectivity index (χ2v) is 13.1. The predicted molar refractivity (Wildman–Crippen MR) is 164 cm³/mol. The molecular weight excluding hydrogens is 554 g/mol. The van der Waals surface area contributed by atoms with E-state index in [0.717, 1.165) is 21.0 Å². The minimum Gasteiger partial charge on any atom is -0.493 e. The number of methoxy groups -OCH3 is 2. The zero-order valence-corrected chi connectivity index (χ0v) is 26.4. The van der Waals surface area contributed by atoms with Crippen LogP contribution in [0.15, 0.2) is 71.6 Å². The molecule has 10 heteroatoms. The highest BCUT2D eigenvalue weighted by Gasteiger charge is 2.34. The molecule has 0 unspecified atom stereocenters. The van der Waals surface area contributed by atoms with Gasteiger partial charge in [0.2, 0.25) is 11.8 Å². The van der Waals surface area contributed by atoms with Gasteiger partial charge in [0.15, 0.2) is 11.5 Å². The maximum absolute atomic E-state index is 14.1. The second kappa shape index (κ2) is 13.3. The fourth-order valence-electron chi connectivity index (χ4n) is 4.37. The lowest BCUT2D eigenvalue weighted by molar-refractivity contribution is -0.140. The van der Waals surface area contributed by atoms with Crippen LogP contribution in [0.5, 0.6) is 11.5 Å². The smallest absolute Gasteiger partial charge is 0.264 e. The Morgan fingerprint density at radius 3 is 2.10 bits per heavy atom. The molecule has 3 aromatic rings. The molecule has 0 aliphatic heterocycles. The van der Waals surface area contributed by atoms with Crippen molar-refractivity contribution in [3.8, 4) is 11.5 Å². The van der Waals surface area contributed by atoms with E-state index < -0.39 is 34.1 Å². The number of benzene rings is 3. The molecule has 1 atom stereocenters. The molecule has 226 valence electrons. The maximum Gasteiger partial charge on any atom is 0.264 e. The molecule has 0 aromatic heterocycles. The van der Waals surface area contributed by atoms with E-state index in [2.05, 4.69) is 5.32 Å². The lowest BCUT2D eigenvalue weighted by Gasteiger charge is -2.33. The van der Waals surface area contributed by atoms with Gasteiger partial charge in [-0.2, -0.15) is 0 Å². The lowest BCUT2D eigenvalue weighted by atomic mass is 10.1. The molecule has 0 radical (unpaired) electrons. The van der Waals surface area contributed by atoms with Crippen molar-refractivity contribution in [3.05, 3.63) is 83.4 Å². The van der Waals surface area contributed by atoms with Crippen molar-refractivity contribution in [2.45, 2.75) is 64.6 Å². The highest BCUT2D eigenvalue weighted by Crippen LogP contribution is 2.32. The molecule has 9 nitrogen and oxygen atoms in total. The molecule has 0 saturated carbocycles. The third-order valence-corrected chi connectivity index (χ3v) is 8.58. The SMILES string of the molecule is COc1ccc(S(=O)(=O)N(CC(=O)N(Cc2ccccc2C)[C@@H](C)C(=O)NC(C)(C)C)c2ccc(C)cc2)cc1OC. The van der Waals surface area contributed by atoms with Gasteiger partial charge < -0.3 is 19.7 Å². The van der Waals surface area contributed by atoms with E-state index in [-0.39, 0.29) is 23.1 Å². The molecular formula is C32H41N3O6S. The Morgan fingerprint density at radius 2 is 1.52 bits per heavy atom. The van der Waals surface area contributed by atoms with E-state index >= 15 is 0 Å². The summed E-state index contributed by atoms with van der Waals surface area (Å²) in [5, 5.41) is 2.94. The number of anilines is 1. The Bertz CT molecular complexity index is 1510. The highest BCUT2D eigenvalue weighted by atomic mass is 32.2. The van der Waals surface area contributed by atoms with Gasteiger partial charge in [-0.1, -0.05) is 42.0 Å². The van der Waals surface area contributed by atoms with E-state index in [1.165, 1.54) is 37.3 Å². The monoisotopic (exact) mass is 595 g/mol. The largest absolute Gasteiger partial charge is 0.493 e. The van der Waals surface area contributed by atoms with Gasteiger partial charge in [0.1, 0.15) is 12.6 Å². The molecule has 0 saturated heterocycles. The van der Waals surface area contributed by atoms with Crippen molar-refractivity contribution in [2.75, 3.05) is 25.1 Å². The fraction of sp³-hybridized carbons (Fsp3) is 0.375. The summed E-state index contributed by atoms with van der Waals surface area (Å²) < 4.78 is 39.9. The van der Waals surface area contributed by atoms with E-state index in [1.807, 2.05) is 58.9 Å². The zero-order chi connectivity index (χ0) is 31.2. The number of nitrogens with zero attached hydrogens (tertiary/aromatic N) is 2. The van der Waals surface area contributed by atoms with Crippen LogP contribution in [0.1, 0.15) is 44.4 Å². The second-order valence-electron chi connectivity index (χ2n) is 11.2. The molecule has 0 spiro atoms. The van der Waals surface area contributed by atoms with Gasteiger partial charge in [0, 0.05) is 18.2 Å². The van der Waals surface area contributed by atoms with Gasteiger partial charge >= 0.3 is 0 Å². The average Bonchev–Trinajstić information content (AvgIpc) is 2.94. The maximum atomic E-state index is 14.1. The van der Waals surface area contributed by atoms with Crippen LogP contribution in [0.25, 0.3) is 0 Å². The number of carbonyl (C=O) groups is 2. The number of amides is 2. The molecule has 0 aliphatic rings. The third-order valence-electron chi connectivity index (χ3n) is 6.81. The number of aryl methyl sites for hydroxylation is 2. The molecule has 2 amide bonds. The zero-order valence-electron chi connectivity index (χ0n) is 25.6. The Kier molecular flexibility index (Phi) is 10.3. The van der Waals surface area contributed by atoms with E-state index in [4.69, 9.17) is 9.47 Å².